The van der Waals surface area contributed by atoms with E-state index in [1.165, 1.54) is 6.07 Å². The summed E-state index contributed by atoms with van der Waals surface area (Å²) < 4.78 is 56.5. The number of alkyl halides is 3. The van der Waals surface area contributed by atoms with Crippen LogP contribution in [0.3, 0.4) is 0 Å². The molecule has 1 N–H and O–H groups in total. The van der Waals surface area contributed by atoms with Gasteiger partial charge in [0.25, 0.3) is 0 Å². The highest BCUT2D eigenvalue weighted by Crippen LogP contribution is 2.56. The molecule has 32 heavy (non-hydrogen) atoms. The van der Waals surface area contributed by atoms with E-state index in [1.807, 2.05) is 4.90 Å². The zero-order valence-electron chi connectivity index (χ0n) is 17.5. The molecular weight excluding hydrogens is 426 g/mol. The molecule has 1 aromatic carbocycles. The Balaban J connectivity index is 1.38. The minimum absolute atomic E-state index is 0.00978. The van der Waals surface area contributed by atoms with E-state index in [4.69, 9.17) is 0 Å². The molecule has 2 aliphatic heterocycles. The van der Waals surface area contributed by atoms with Crippen LogP contribution in [0, 0.1) is 28.5 Å². The predicted octanol–water partition coefficient (Wildman–Crippen LogP) is 5.38. The zero-order valence-corrected chi connectivity index (χ0v) is 17.5. The lowest BCUT2D eigenvalue weighted by atomic mass is 9.56. The lowest BCUT2D eigenvalue weighted by Crippen LogP contribution is -2.63. The fourth-order valence-electron chi connectivity index (χ4n) is 6.43. The number of fused-ring (bicyclic) bond motifs is 1. The van der Waals surface area contributed by atoms with Crippen molar-refractivity contribution >= 4 is 16.8 Å². The maximum atomic E-state index is 14.9. The Morgan fingerprint density at radius 1 is 1.31 bits per heavy atom. The Labute approximate surface area is 182 Å². The molecule has 1 aromatic heterocycles. The first-order valence-corrected chi connectivity index (χ1v) is 10.9. The maximum absolute atomic E-state index is 14.9. The normalized spacial score (nSPS) is 29.9. The molecule has 0 spiro atoms. The van der Waals surface area contributed by atoms with Gasteiger partial charge in [-0.25, -0.2) is 4.39 Å². The molecule has 3 unspecified atom stereocenters. The number of aromatic nitrogens is 1. The molecule has 9 heteroatoms. The van der Waals surface area contributed by atoms with Crippen molar-refractivity contribution in [2.45, 2.75) is 69.8 Å². The standard InChI is InChI=1S/C23H23F4N3O2/c1-12(16-10-29-17-2-3-18(21(24)20(16)17)32-23(25,26)27)4-19(31)30-14-5-13-6-15(30)9-22(7-13,8-14)11-28/h2-3,10,12-15,29H,4-9H2,1H3. The molecule has 0 radical (unpaired) electrons. The Hall–Kier alpha value is -2.76. The summed E-state index contributed by atoms with van der Waals surface area (Å²) in [5.41, 5.74) is 0.475. The van der Waals surface area contributed by atoms with E-state index in [-0.39, 0.29) is 35.2 Å². The predicted molar refractivity (Wildman–Crippen MR) is 107 cm³/mol. The summed E-state index contributed by atoms with van der Waals surface area (Å²) in [6, 6.07) is 4.90. The van der Waals surface area contributed by atoms with Crippen molar-refractivity contribution in [2.75, 3.05) is 0 Å². The first-order valence-electron chi connectivity index (χ1n) is 10.9. The Kier molecular flexibility index (Phi) is 4.70. The summed E-state index contributed by atoms with van der Waals surface area (Å²) in [6.45, 7) is 1.77. The van der Waals surface area contributed by atoms with Crippen molar-refractivity contribution in [3.05, 3.63) is 29.7 Å². The second kappa shape index (κ2) is 7.12. The highest BCUT2D eigenvalue weighted by Gasteiger charge is 2.56. The SMILES string of the molecule is CC(CC(=O)N1C2CC3CC1CC(C#N)(C3)C2)c1c[nH]c2ccc(OC(F)(F)F)c(F)c12. The van der Waals surface area contributed by atoms with Gasteiger partial charge < -0.3 is 14.6 Å². The number of H-pyrrole nitrogens is 1. The summed E-state index contributed by atoms with van der Waals surface area (Å²) in [5.74, 6) is -1.95. The summed E-state index contributed by atoms with van der Waals surface area (Å²) in [5, 5.41) is 9.68. The number of rotatable bonds is 4. The smallest absolute Gasteiger partial charge is 0.403 e. The van der Waals surface area contributed by atoms with Gasteiger partial charge in [-0.15, -0.1) is 13.2 Å². The topological polar surface area (TPSA) is 69.1 Å². The van der Waals surface area contributed by atoms with Crippen LogP contribution in [0.5, 0.6) is 5.75 Å². The number of amides is 1. The largest absolute Gasteiger partial charge is 0.573 e. The van der Waals surface area contributed by atoms with Gasteiger partial charge in [-0.3, -0.25) is 4.79 Å². The van der Waals surface area contributed by atoms with Gasteiger partial charge >= 0.3 is 6.36 Å². The van der Waals surface area contributed by atoms with E-state index >= 15 is 0 Å². The molecule has 4 fully saturated rings. The highest BCUT2D eigenvalue weighted by atomic mass is 19.4. The number of halogens is 4. The minimum atomic E-state index is -5.00. The van der Waals surface area contributed by atoms with Crippen molar-refractivity contribution in [2.24, 2.45) is 11.3 Å². The third kappa shape index (κ3) is 3.40. The fraction of sp³-hybridized carbons (Fsp3) is 0.565. The van der Waals surface area contributed by atoms with Gasteiger partial charge in [0.1, 0.15) is 0 Å². The molecule has 2 aliphatic carbocycles. The lowest BCUT2D eigenvalue weighted by Gasteiger charge is -2.59. The summed E-state index contributed by atoms with van der Waals surface area (Å²) in [6.07, 6.45) is 0.826. The fourth-order valence-corrected chi connectivity index (χ4v) is 6.43. The molecule has 6 rings (SSSR count). The summed E-state index contributed by atoms with van der Waals surface area (Å²) in [4.78, 5) is 18.1. The van der Waals surface area contributed by atoms with Crippen molar-refractivity contribution in [1.82, 2.24) is 9.88 Å². The number of hydrogen-bond acceptors (Lipinski definition) is 3. The van der Waals surface area contributed by atoms with E-state index in [9.17, 15) is 27.6 Å². The number of hydrogen-bond donors (Lipinski definition) is 1. The number of nitrogens with zero attached hydrogens (tertiary/aromatic N) is 2. The number of piperidine rings is 2. The van der Waals surface area contributed by atoms with E-state index < -0.39 is 23.8 Å². The zero-order chi connectivity index (χ0) is 22.8. The molecule has 2 saturated heterocycles. The molecular formula is C23H23F4N3O2. The van der Waals surface area contributed by atoms with Crippen LogP contribution in [0.25, 0.3) is 10.9 Å². The van der Waals surface area contributed by atoms with E-state index in [0.717, 1.165) is 25.3 Å². The van der Waals surface area contributed by atoms with E-state index in [1.54, 1.807) is 13.1 Å². The molecule has 5 nitrogen and oxygen atoms in total. The Morgan fingerprint density at radius 3 is 2.62 bits per heavy atom. The Bertz CT molecular complexity index is 1100. The monoisotopic (exact) mass is 449 g/mol. The van der Waals surface area contributed by atoms with Gasteiger partial charge in [-0.2, -0.15) is 5.26 Å². The van der Waals surface area contributed by atoms with Crippen LogP contribution in [0.4, 0.5) is 17.6 Å². The molecule has 4 bridgehead atoms. The quantitative estimate of drug-likeness (QED) is 0.637. The van der Waals surface area contributed by atoms with Crippen molar-refractivity contribution in [3.8, 4) is 11.8 Å². The number of ether oxygens (including phenoxy) is 1. The second-order valence-corrected chi connectivity index (χ2v) is 9.65. The van der Waals surface area contributed by atoms with Crippen LogP contribution >= 0.6 is 0 Å². The average molecular weight is 449 g/mol. The third-order valence-corrected chi connectivity index (χ3v) is 7.47. The average Bonchev–Trinajstić information content (AvgIpc) is 3.13. The van der Waals surface area contributed by atoms with Gasteiger partial charge in [-0.05, 0) is 61.6 Å². The molecule has 3 atom stereocenters. The van der Waals surface area contributed by atoms with Crippen LogP contribution in [0.2, 0.25) is 0 Å². The molecule has 3 heterocycles. The highest BCUT2D eigenvalue weighted by molar-refractivity contribution is 5.87. The third-order valence-electron chi connectivity index (χ3n) is 7.47. The van der Waals surface area contributed by atoms with Crippen LogP contribution < -0.4 is 4.74 Å². The number of carbonyl (C=O) groups excluding carboxylic acids is 1. The van der Waals surface area contributed by atoms with Crippen LogP contribution in [-0.4, -0.2) is 34.2 Å². The first kappa shape index (κ1) is 21.1. The van der Waals surface area contributed by atoms with Gasteiger partial charge in [0, 0.05) is 35.6 Å². The molecule has 1 amide bonds. The number of carbonyl (C=O) groups is 1. The van der Waals surface area contributed by atoms with Gasteiger partial charge in [0.2, 0.25) is 5.91 Å². The van der Waals surface area contributed by atoms with Crippen LogP contribution in [0.15, 0.2) is 18.3 Å². The van der Waals surface area contributed by atoms with Crippen molar-refractivity contribution in [3.63, 3.8) is 0 Å². The second-order valence-electron chi connectivity index (χ2n) is 9.65. The van der Waals surface area contributed by atoms with Gasteiger partial charge in [0.05, 0.1) is 11.5 Å². The number of aromatic amines is 1. The van der Waals surface area contributed by atoms with Crippen LogP contribution in [-0.2, 0) is 4.79 Å². The number of nitriles is 1. The molecule has 4 aliphatic rings. The molecule has 2 saturated carbocycles. The minimum Gasteiger partial charge on any atom is -0.403 e. The van der Waals surface area contributed by atoms with E-state index in [2.05, 4.69) is 15.8 Å². The Morgan fingerprint density at radius 2 is 2.00 bits per heavy atom. The van der Waals surface area contributed by atoms with Gasteiger partial charge in [0.15, 0.2) is 11.6 Å². The van der Waals surface area contributed by atoms with Crippen LogP contribution in [0.1, 0.15) is 56.9 Å². The van der Waals surface area contributed by atoms with Crippen molar-refractivity contribution < 1.29 is 27.1 Å². The number of nitrogens with one attached hydrogen (secondary N) is 1. The van der Waals surface area contributed by atoms with E-state index in [0.29, 0.717) is 29.8 Å². The first-order chi connectivity index (χ1) is 15.1. The lowest BCUT2D eigenvalue weighted by molar-refractivity contribution is -0.275. The summed E-state index contributed by atoms with van der Waals surface area (Å²) in [7, 11) is 0. The number of benzene rings is 1. The van der Waals surface area contributed by atoms with Crippen molar-refractivity contribution in [1.29, 1.82) is 5.26 Å². The van der Waals surface area contributed by atoms with Gasteiger partial charge in [-0.1, -0.05) is 6.92 Å². The maximum Gasteiger partial charge on any atom is 0.573 e. The molecule has 170 valence electrons. The summed E-state index contributed by atoms with van der Waals surface area (Å²) >= 11 is 0. The molecule has 2 aromatic rings.